The van der Waals surface area contributed by atoms with Crippen LogP contribution in [-0.4, -0.2) is 55.1 Å². The maximum absolute atomic E-state index is 12.3. The number of hydrazine groups is 1. The molecule has 108 valence electrons. The van der Waals surface area contributed by atoms with Crippen LogP contribution >= 0.6 is 0 Å². The zero-order valence-corrected chi connectivity index (χ0v) is 11.9. The minimum Gasteiger partial charge on any atom is -0.304 e. The van der Waals surface area contributed by atoms with E-state index in [4.69, 9.17) is 0 Å². The van der Waals surface area contributed by atoms with E-state index in [0.29, 0.717) is 0 Å². The standard InChI is InChI=1S/C15H22N4O/c1-18-6-8-19(9-7-18)17-15(20)14-10-12-4-2-3-5-13(12)11-16-14/h2-5,14,16H,6-11H2,1H3,(H,17,20)/t14-/m1/s1. The number of nitrogens with zero attached hydrogens (tertiary/aromatic N) is 2. The minimum atomic E-state index is -0.121. The average Bonchev–Trinajstić information content (AvgIpc) is 2.49. The molecule has 0 spiro atoms. The molecule has 0 unspecified atom stereocenters. The second-order valence-electron chi connectivity index (χ2n) is 5.67. The molecule has 0 aromatic heterocycles. The molecule has 2 N–H and O–H groups in total. The molecular weight excluding hydrogens is 252 g/mol. The van der Waals surface area contributed by atoms with E-state index in [1.165, 1.54) is 11.1 Å². The van der Waals surface area contributed by atoms with Crippen LogP contribution in [0.1, 0.15) is 11.1 Å². The molecule has 1 atom stereocenters. The van der Waals surface area contributed by atoms with Crippen LogP contribution in [0.15, 0.2) is 24.3 Å². The predicted octanol–water partition coefficient (Wildman–Crippen LogP) is -0.0205. The highest BCUT2D eigenvalue weighted by atomic mass is 16.2. The summed E-state index contributed by atoms with van der Waals surface area (Å²) >= 11 is 0. The molecule has 3 rings (SSSR count). The third-order valence-electron chi connectivity index (χ3n) is 4.17. The van der Waals surface area contributed by atoms with Crippen LogP contribution in [0, 0.1) is 0 Å². The van der Waals surface area contributed by atoms with Gasteiger partial charge in [-0.3, -0.25) is 10.2 Å². The third-order valence-corrected chi connectivity index (χ3v) is 4.17. The Labute approximate surface area is 119 Å². The Bertz CT molecular complexity index is 483. The number of amides is 1. The topological polar surface area (TPSA) is 47.6 Å². The lowest BCUT2D eigenvalue weighted by Crippen LogP contribution is -2.57. The van der Waals surface area contributed by atoms with Crippen molar-refractivity contribution in [1.29, 1.82) is 0 Å². The van der Waals surface area contributed by atoms with Crippen LogP contribution in [0.5, 0.6) is 0 Å². The largest absolute Gasteiger partial charge is 0.304 e. The van der Waals surface area contributed by atoms with Gasteiger partial charge in [0.05, 0.1) is 6.04 Å². The van der Waals surface area contributed by atoms with Crippen molar-refractivity contribution in [3.8, 4) is 0 Å². The normalized spacial score (nSPS) is 24.1. The Morgan fingerprint density at radius 2 is 1.90 bits per heavy atom. The Hall–Kier alpha value is -1.43. The number of carbonyl (C=O) groups is 1. The number of nitrogens with one attached hydrogen (secondary N) is 2. The molecule has 20 heavy (non-hydrogen) atoms. The molecule has 2 aliphatic rings. The van der Waals surface area contributed by atoms with Gasteiger partial charge in [-0.15, -0.1) is 0 Å². The molecule has 2 aliphatic heterocycles. The van der Waals surface area contributed by atoms with Gasteiger partial charge < -0.3 is 10.2 Å². The van der Waals surface area contributed by atoms with Gasteiger partial charge in [-0.25, -0.2) is 5.01 Å². The van der Waals surface area contributed by atoms with Gasteiger partial charge in [-0.1, -0.05) is 24.3 Å². The van der Waals surface area contributed by atoms with Gasteiger partial charge in [0.1, 0.15) is 0 Å². The van der Waals surface area contributed by atoms with Gasteiger partial charge >= 0.3 is 0 Å². The molecule has 1 saturated heterocycles. The number of fused-ring (bicyclic) bond motifs is 1. The van der Waals surface area contributed by atoms with Crippen LogP contribution in [0.2, 0.25) is 0 Å². The fourth-order valence-corrected chi connectivity index (χ4v) is 2.79. The molecule has 0 aliphatic carbocycles. The molecule has 5 heteroatoms. The van der Waals surface area contributed by atoms with Gasteiger partial charge in [0.15, 0.2) is 0 Å². The number of hydrogen-bond donors (Lipinski definition) is 2. The number of piperazine rings is 1. The van der Waals surface area contributed by atoms with Crippen LogP contribution in [0.4, 0.5) is 0 Å². The van der Waals surface area contributed by atoms with Crippen molar-refractivity contribution in [1.82, 2.24) is 20.7 Å². The van der Waals surface area contributed by atoms with E-state index in [-0.39, 0.29) is 11.9 Å². The lowest BCUT2D eigenvalue weighted by molar-refractivity contribution is -0.129. The minimum absolute atomic E-state index is 0.0871. The van der Waals surface area contributed by atoms with Gasteiger partial charge in [0.25, 0.3) is 5.91 Å². The maximum atomic E-state index is 12.3. The van der Waals surface area contributed by atoms with Crippen molar-refractivity contribution < 1.29 is 4.79 Å². The van der Waals surface area contributed by atoms with Gasteiger partial charge in [0.2, 0.25) is 0 Å². The van der Waals surface area contributed by atoms with E-state index in [9.17, 15) is 4.79 Å². The molecule has 0 bridgehead atoms. The van der Waals surface area contributed by atoms with E-state index in [1.807, 2.05) is 17.1 Å². The van der Waals surface area contributed by atoms with Crippen molar-refractivity contribution >= 4 is 5.91 Å². The molecule has 5 nitrogen and oxygen atoms in total. The van der Waals surface area contributed by atoms with Gasteiger partial charge in [0, 0.05) is 32.7 Å². The smallest absolute Gasteiger partial charge is 0.251 e. The van der Waals surface area contributed by atoms with Crippen molar-refractivity contribution in [2.45, 2.75) is 19.0 Å². The lowest BCUT2D eigenvalue weighted by atomic mass is 9.95. The van der Waals surface area contributed by atoms with Crippen LogP contribution in [0.3, 0.4) is 0 Å². The van der Waals surface area contributed by atoms with E-state index in [0.717, 1.165) is 39.1 Å². The molecule has 1 fully saturated rings. The first-order valence-electron chi connectivity index (χ1n) is 7.26. The highest BCUT2D eigenvalue weighted by Gasteiger charge is 2.25. The zero-order valence-electron chi connectivity index (χ0n) is 11.9. The Morgan fingerprint density at radius 1 is 1.20 bits per heavy atom. The number of hydrogen-bond acceptors (Lipinski definition) is 4. The van der Waals surface area contributed by atoms with Crippen molar-refractivity contribution in [2.75, 3.05) is 33.2 Å². The van der Waals surface area contributed by atoms with E-state index >= 15 is 0 Å². The zero-order chi connectivity index (χ0) is 13.9. The highest BCUT2D eigenvalue weighted by Crippen LogP contribution is 2.16. The first kappa shape index (κ1) is 13.5. The number of carbonyl (C=O) groups excluding carboxylic acids is 1. The van der Waals surface area contributed by atoms with E-state index < -0.39 is 0 Å². The highest BCUT2D eigenvalue weighted by molar-refractivity contribution is 5.82. The number of likely N-dealkylation sites (N-methyl/N-ethyl adjacent to an activating group) is 1. The summed E-state index contributed by atoms with van der Waals surface area (Å²) in [6, 6.07) is 8.21. The summed E-state index contributed by atoms with van der Waals surface area (Å²) in [6.07, 6.45) is 0.774. The Balaban J connectivity index is 1.56. The van der Waals surface area contributed by atoms with Crippen molar-refractivity contribution in [3.05, 3.63) is 35.4 Å². The summed E-state index contributed by atoms with van der Waals surface area (Å²) in [6.45, 7) is 4.57. The first-order chi connectivity index (χ1) is 9.72. The van der Waals surface area contributed by atoms with Crippen molar-refractivity contribution in [2.24, 2.45) is 0 Å². The Morgan fingerprint density at radius 3 is 2.65 bits per heavy atom. The number of rotatable bonds is 2. The molecule has 0 radical (unpaired) electrons. The van der Waals surface area contributed by atoms with Crippen LogP contribution < -0.4 is 10.7 Å². The predicted molar refractivity (Wildman–Crippen MR) is 78.0 cm³/mol. The first-order valence-corrected chi connectivity index (χ1v) is 7.26. The second-order valence-corrected chi connectivity index (χ2v) is 5.67. The van der Waals surface area contributed by atoms with E-state index in [2.05, 4.69) is 34.8 Å². The van der Waals surface area contributed by atoms with Crippen LogP contribution in [-0.2, 0) is 17.8 Å². The summed E-state index contributed by atoms with van der Waals surface area (Å²) in [5, 5.41) is 5.36. The molecule has 0 saturated carbocycles. The maximum Gasteiger partial charge on any atom is 0.251 e. The second kappa shape index (κ2) is 5.91. The van der Waals surface area contributed by atoms with E-state index in [1.54, 1.807) is 0 Å². The fraction of sp³-hybridized carbons (Fsp3) is 0.533. The molecule has 1 aromatic rings. The monoisotopic (exact) mass is 274 g/mol. The average molecular weight is 274 g/mol. The van der Waals surface area contributed by atoms with Gasteiger partial charge in [-0.05, 0) is 24.6 Å². The molecule has 2 heterocycles. The summed E-state index contributed by atoms with van der Waals surface area (Å²) < 4.78 is 0. The molecule has 1 aromatic carbocycles. The summed E-state index contributed by atoms with van der Waals surface area (Å²) in [7, 11) is 2.11. The number of benzene rings is 1. The lowest BCUT2D eigenvalue weighted by Gasteiger charge is -2.34. The third kappa shape index (κ3) is 3.00. The van der Waals surface area contributed by atoms with Gasteiger partial charge in [-0.2, -0.15) is 0 Å². The molecule has 1 amide bonds. The Kier molecular flexibility index (Phi) is 4.00. The van der Waals surface area contributed by atoms with Crippen LogP contribution in [0.25, 0.3) is 0 Å². The summed E-state index contributed by atoms with van der Waals surface area (Å²) in [4.78, 5) is 14.6. The summed E-state index contributed by atoms with van der Waals surface area (Å²) in [5.41, 5.74) is 5.63. The SMILES string of the molecule is CN1CCN(NC(=O)[C@H]2Cc3ccccc3CN2)CC1. The summed E-state index contributed by atoms with van der Waals surface area (Å²) in [5.74, 6) is 0.0871. The van der Waals surface area contributed by atoms with Crippen molar-refractivity contribution in [3.63, 3.8) is 0 Å². The molecular formula is C15H22N4O. The fourth-order valence-electron chi connectivity index (χ4n) is 2.79. The quantitative estimate of drug-likeness (QED) is 0.796.